The highest BCUT2D eigenvalue weighted by atomic mass is 16.5. The van der Waals surface area contributed by atoms with Gasteiger partial charge >= 0.3 is 0 Å². The van der Waals surface area contributed by atoms with E-state index in [-0.39, 0.29) is 23.9 Å². The van der Waals surface area contributed by atoms with Crippen LogP contribution >= 0.6 is 0 Å². The van der Waals surface area contributed by atoms with Gasteiger partial charge in [-0.15, -0.1) is 0 Å². The zero-order valence-corrected chi connectivity index (χ0v) is 16.6. The number of hydrogen-bond acceptors (Lipinski definition) is 5. The molecule has 29 heavy (non-hydrogen) atoms. The quantitative estimate of drug-likeness (QED) is 0.800. The van der Waals surface area contributed by atoms with Gasteiger partial charge in [0, 0.05) is 33.3 Å². The summed E-state index contributed by atoms with van der Waals surface area (Å²) in [5.74, 6) is 0.762. The minimum atomic E-state index is -0.704. The molecule has 2 aromatic rings. The van der Waals surface area contributed by atoms with Crippen molar-refractivity contribution in [2.45, 2.75) is 30.7 Å². The summed E-state index contributed by atoms with van der Waals surface area (Å²) >= 11 is 0. The normalized spacial score (nSPS) is 27.9. The Morgan fingerprint density at radius 3 is 2.69 bits per heavy atom. The van der Waals surface area contributed by atoms with Crippen LogP contribution in [0.25, 0.3) is 0 Å². The van der Waals surface area contributed by atoms with Crippen molar-refractivity contribution in [1.29, 1.82) is 0 Å². The summed E-state index contributed by atoms with van der Waals surface area (Å²) in [6.45, 7) is 1.04. The summed E-state index contributed by atoms with van der Waals surface area (Å²) in [7, 11) is 3.82. The Labute approximate surface area is 169 Å². The van der Waals surface area contributed by atoms with Gasteiger partial charge in [0.05, 0.1) is 30.7 Å². The van der Waals surface area contributed by atoms with Crippen LogP contribution in [0.15, 0.2) is 48.7 Å². The van der Waals surface area contributed by atoms with E-state index in [0.29, 0.717) is 31.6 Å². The molecule has 7 heteroatoms. The number of rotatable bonds is 3. The molecular formula is C22H24N4O3. The first kappa shape index (κ1) is 18.1. The van der Waals surface area contributed by atoms with Crippen LogP contribution < -0.4 is 4.90 Å². The third-order valence-electron chi connectivity index (χ3n) is 6.35. The molecule has 0 N–H and O–H groups in total. The summed E-state index contributed by atoms with van der Waals surface area (Å²) in [5, 5.41) is 0. The zero-order chi connectivity index (χ0) is 20.2. The lowest BCUT2D eigenvalue weighted by atomic mass is 10.0. The number of carbonyl (C=O) groups is 2. The summed E-state index contributed by atoms with van der Waals surface area (Å²) < 4.78 is 6.28. The fourth-order valence-corrected chi connectivity index (χ4v) is 4.95. The van der Waals surface area contributed by atoms with Gasteiger partial charge in [-0.25, -0.2) is 4.98 Å². The predicted molar refractivity (Wildman–Crippen MR) is 107 cm³/mol. The van der Waals surface area contributed by atoms with Gasteiger partial charge in [-0.2, -0.15) is 0 Å². The van der Waals surface area contributed by atoms with E-state index >= 15 is 0 Å². The third kappa shape index (κ3) is 2.64. The number of pyridine rings is 1. The fourth-order valence-electron chi connectivity index (χ4n) is 4.95. The van der Waals surface area contributed by atoms with E-state index in [1.165, 1.54) is 0 Å². The van der Waals surface area contributed by atoms with Crippen LogP contribution in [0.3, 0.4) is 0 Å². The number of aromatic nitrogens is 1. The largest absolute Gasteiger partial charge is 0.363 e. The van der Waals surface area contributed by atoms with Gasteiger partial charge in [-0.05, 0) is 17.7 Å². The first-order chi connectivity index (χ1) is 14.0. The molecule has 0 bridgehead atoms. The molecule has 3 atom stereocenters. The van der Waals surface area contributed by atoms with E-state index in [1.807, 2.05) is 60.3 Å². The van der Waals surface area contributed by atoms with Crippen molar-refractivity contribution in [2.24, 2.45) is 0 Å². The topological polar surface area (TPSA) is 66.0 Å². The second-order valence-corrected chi connectivity index (χ2v) is 8.11. The lowest BCUT2D eigenvalue weighted by Gasteiger charge is -2.33. The van der Waals surface area contributed by atoms with Crippen LogP contribution in [0.1, 0.15) is 34.8 Å². The van der Waals surface area contributed by atoms with Crippen LogP contribution in [-0.2, 0) is 9.53 Å². The van der Waals surface area contributed by atoms with E-state index < -0.39 is 5.72 Å². The maximum atomic E-state index is 13.2. The van der Waals surface area contributed by atoms with Crippen molar-refractivity contribution < 1.29 is 14.3 Å². The van der Waals surface area contributed by atoms with Gasteiger partial charge in [0.2, 0.25) is 5.91 Å². The summed E-state index contributed by atoms with van der Waals surface area (Å²) in [5.41, 5.74) is 0.910. The molecule has 0 saturated carbocycles. The standard InChI is InChI=1S/C22H24N4O3/c1-24(2)19-9-8-16(13-23-19)21(28)25-11-10-22-18(25)12-20(27)26(22)17(14-29-22)15-6-4-3-5-7-15/h3-9,13,17-18H,10-12,14H2,1-2H3/t17-,18+,22-/m0/s1. The number of amides is 2. The molecular weight excluding hydrogens is 368 g/mol. The van der Waals surface area contributed by atoms with E-state index in [9.17, 15) is 9.59 Å². The van der Waals surface area contributed by atoms with Gasteiger partial charge in [0.1, 0.15) is 5.82 Å². The number of carbonyl (C=O) groups excluding carboxylic acids is 2. The van der Waals surface area contributed by atoms with Gasteiger partial charge in [0.25, 0.3) is 5.91 Å². The number of anilines is 1. The summed E-state index contributed by atoms with van der Waals surface area (Å²) in [6, 6.07) is 13.3. The van der Waals surface area contributed by atoms with Gasteiger partial charge in [-0.1, -0.05) is 30.3 Å². The van der Waals surface area contributed by atoms with Gasteiger partial charge in [0.15, 0.2) is 5.72 Å². The van der Waals surface area contributed by atoms with Crippen molar-refractivity contribution in [2.75, 3.05) is 32.1 Å². The second kappa shape index (κ2) is 6.56. The van der Waals surface area contributed by atoms with Crippen molar-refractivity contribution in [3.8, 4) is 0 Å². The molecule has 3 aliphatic heterocycles. The van der Waals surface area contributed by atoms with Crippen molar-refractivity contribution in [3.63, 3.8) is 0 Å². The van der Waals surface area contributed by atoms with Crippen LogP contribution in [0.5, 0.6) is 0 Å². The first-order valence-electron chi connectivity index (χ1n) is 9.97. The first-order valence-corrected chi connectivity index (χ1v) is 9.97. The highest BCUT2D eigenvalue weighted by Gasteiger charge is 2.65. The second-order valence-electron chi connectivity index (χ2n) is 8.11. The minimum absolute atomic E-state index is 0.0555. The lowest BCUT2D eigenvalue weighted by Crippen LogP contribution is -2.49. The number of ether oxygens (including phenoxy) is 1. The molecule has 1 spiro atoms. The van der Waals surface area contributed by atoms with E-state index in [0.717, 1.165) is 11.4 Å². The third-order valence-corrected chi connectivity index (χ3v) is 6.35. The maximum absolute atomic E-state index is 13.2. The molecule has 4 heterocycles. The highest BCUT2D eigenvalue weighted by molar-refractivity contribution is 5.95. The molecule has 1 aromatic heterocycles. The molecule has 7 nitrogen and oxygen atoms in total. The van der Waals surface area contributed by atoms with E-state index in [4.69, 9.17) is 4.74 Å². The van der Waals surface area contributed by atoms with Crippen LogP contribution in [0, 0.1) is 0 Å². The van der Waals surface area contributed by atoms with Crippen LogP contribution in [-0.4, -0.2) is 65.6 Å². The number of hydrogen-bond donors (Lipinski definition) is 0. The minimum Gasteiger partial charge on any atom is -0.363 e. The zero-order valence-electron chi connectivity index (χ0n) is 16.6. The molecule has 1 aromatic carbocycles. The Balaban J connectivity index is 1.42. The average molecular weight is 392 g/mol. The van der Waals surface area contributed by atoms with Crippen molar-refractivity contribution in [1.82, 2.24) is 14.8 Å². The molecule has 3 fully saturated rings. The predicted octanol–water partition coefficient (Wildman–Crippen LogP) is 2.06. The SMILES string of the molecule is CN(C)c1ccc(C(=O)N2CC[C@@]34OC[C@@H](c5ccccc5)N3C(=O)C[C@@H]24)cn1. The van der Waals surface area contributed by atoms with Gasteiger partial charge in [-0.3, -0.25) is 9.59 Å². The van der Waals surface area contributed by atoms with E-state index in [1.54, 1.807) is 17.2 Å². The highest BCUT2D eigenvalue weighted by Crippen LogP contribution is 2.51. The molecule has 3 saturated heterocycles. The fraction of sp³-hybridized carbons (Fsp3) is 0.409. The molecule has 0 unspecified atom stereocenters. The number of likely N-dealkylation sites (tertiary alicyclic amines) is 1. The Hall–Kier alpha value is -2.93. The van der Waals surface area contributed by atoms with Crippen molar-refractivity contribution in [3.05, 3.63) is 59.8 Å². The Bertz CT molecular complexity index is 946. The molecule has 5 rings (SSSR count). The van der Waals surface area contributed by atoms with Crippen LogP contribution in [0.4, 0.5) is 5.82 Å². The maximum Gasteiger partial charge on any atom is 0.255 e. The van der Waals surface area contributed by atoms with E-state index in [2.05, 4.69) is 4.98 Å². The molecule has 2 amide bonds. The Morgan fingerprint density at radius 2 is 2.00 bits per heavy atom. The molecule has 0 radical (unpaired) electrons. The van der Waals surface area contributed by atoms with Gasteiger partial charge < -0.3 is 19.4 Å². The smallest absolute Gasteiger partial charge is 0.255 e. The van der Waals surface area contributed by atoms with Crippen LogP contribution in [0.2, 0.25) is 0 Å². The molecule has 0 aliphatic carbocycles. The number of nitrogens with zero attached hydrogens (tertiary/aromatic N) is 4. The molecule has 150 valence electrons. The monoisotopic (exact) mass is 392 g/mol. The summed E-state index contributed by atoms with van der Waals surface area (Å²) in [6.07, 6.45) is 2.56. The van der Waals surface area contributed by atoms with Crippen molar-refractivity contribution >= 4 is 17.6 Å². The Morgan fingerprint density at radius 1 is 1.21 bits per heavy atom. The summed E-state index contributed by atoms with van der Waals surface area (Å²) in [4.78, 5) is 36.1. The molecule has 3 aliphatic rings. The Kier molecular flexibility index (Phi) is 4.10. The lowest BCUT2D eigenvalue weighted by molar-refractivity contribution is -0.138. The average Bonchev–Trinajstić information content (AvgIpc) is 3.37. The number of benzene rings is 1.